The summed E-state index contributed by atoms with van der Waals surface area (Å²) in [6, 6.07) is 13.0. The van der Waals surface area contributed by atoms with Gasteiger partial charge in [-0.3, -0.25) is 9.05 Å². The first-order valence-corrected chi connectivity index (χ1v) is 20.0. The minimum absolute atomic E-state index is 0.243. The van der Waals surface area contributed by atoms with Gasteiger partial charge in [-0.1, -0.05) is 108 Å². The summed E-state index contributed by atoms with van der Waals surface area (Å²) in [5.41, 5.74) is 4.49. The van der Waals surface area contributed by atoms with E-state index in [1.807, 2.05) is 30.3 Å². The van der Waals surface area contributed by atoms with Crippen molar-refractivity contribution in [1.29, 1.82) is 0 Å². The van der Waals surface area contributed by atoms with Gasteiger partial charge in [0.25, 0.3) is 0 Å². The molecule has 2 aliphatic rings. The standard InChI is InChI=1S/C38H55N4O8P/c1-3-4-5-6-7-8-9-10-11-12-13-14-15-16-20-23-30(47-26-29-21-18-17-19-22-29)27-48-51(45,46)50-34-33-38(34,44)36(43)37(2,49-33)32-25-24-31-35(39)40-28-41-42(31)32/h17-19,21-22,24-25,28,30,33-34,36,43-44H,3-15,23,26-27H2,1-2H3,(H,45,46)(H2,39,40,41)/t30-,33-,34?,36+,37+,38+/m1/s1. The molecule has 3 heterocycles. The monoisotopic (exact) mass is 726 g/mol. The predicted octanol–water partition coefficient (Wildman–Crippen LogP) is 6.60. The third-order valence-electron chi connectivity index (χ3n) is 10.0. The van der Waals surface area contributed by atoms with Gasteiger partial charge in [-0.05, 0) is 31.0 Å². The van der Waals surface area contributed by atoms with Crippen molar-refractivity contribution in [1.82, 2.24) is 14.6 Å². The minimum Gasteiger partial charge on any atom is -0.386 e. The first kappa shape index (κ1) is 39.4. The SMILES string of the molecule is CCCCCCCCCCCCCCC#CC[C@H](COP(=O)(O)OC1[C@H]2O[C@@](C)(c3ccc4c(N)ncnn34)[C@H](O)[C@@]12O)OCc1ccccc1. The molecule has 2 unspecified atom stereocenters. The zero-order valence-electron chi connectivity index (χ0n) is 30.0. The van der Waals surface area contributed by atoms with Crippen molar-refractivity contribution in [2.24, 2.45) is 0 Å². The summed E-state index contributed by atoms with van der Waals surface area (Å²) < 4.78 is 37.4. The van der Waals surface area contributed by atoms with Gasteiger partial charge in [0.2, 0.25) is 0 Å². The number of aromatic nitrogens is 3. The van der Waals surface area contributed by atoms with E-state index in [1.54, 1.807) is 19.1 Å². The number of hydrogen-bond donors (Lipinski definition) is 4. The molecule has 2 aromatic heterocycles. The van der Waals surface area contributed by atoms with Crippen LogP contribution in [0.3, 0.4) is 0 Å². The highest BCUT2D eigenvalue weighted by molar-refractivity contribution is 7.47. The Morgan fingerprint density at radius 3 is 2.31 bits per heavy atom. The Bertz CT molecular complexity index is 1650. The van der Waals surface area contributed by atoms with Crippen LogP contribution in [0.5, 0.6) is 0 Å². The summed E-state index contributed by atoms with van der Waals surface area (Å²) in [4.78, 5) is 14.6. The number of aliphatic hydroxyl groups is 2. The molecule has 2 fully saturated rings. The summed E-state index contributed by atoms with van der Waals surface area (Å²) in [5, 5.41) is 26.8. The van der Waals surface area contributed by atoms with Crippen LogP contribution in [0.15, 0.2) is 48.8 Å². The minimum atomic E-state index is -4.70. The zero-order valence-corrected chi connectivity index (χ0v) is 30.9. The van der Waals surface area contributed by atoms with Crippen LogP contribution in [0.25, 0.3) is 5.52 Å². The average molecular weight is 727 g/mol. The summed E-state index contributed by atoms with van der Waals surface area (Å²) in [5.74, 6) is 6.61. The number of aliphatic hydroxyl groups excluding tert-OH is 1. The van der Waals surface area contributed by atoms with Crippen LogP contribution in [-0.2, 0) is 35.3 Å². The van der Waals surface area contributed by atoms with Gasteiger partial charge in [-0.15, -0.1) is 11.8 Å². The lowest BCUT2D eigenvalue weighted by Gasteiger charge is -2.32. The maximum absolute atomic E-state index is 13.1. The van der Waals surface area contributed by atoms with Crippen LogP contribution < -0.4 is 5.73 Å². The van der Waals surface area contributed by atoms with Crippen molar-refractivity contribution < 1.29 is 38.2 Å². The van der Waals surface area contributed by atoms with Crippen LogP contribution in [0.4, 0.5) is 5.82 Å². The second-order valence-electron chi connectivity index (χ2n) is 14.0. The average Bonchev–Trinajstić information content (AvgIpc) is 3.37. The Hall–Kier alpha value is -2.85. The number of phosphoric ester groups is 1. The molecule has 1 aromatic carbocycles. The molecular formula is C38H55N4O8P. The zero-order chi connectivity index (χ0) is 36.3. The first-order valence-electron chi connectivity index (χ1n) is 18.5. The molecule has 1 saturated carbocycles. The van der Waals surface area contributed by atoms with Crippen molar-refractivity contribution in [3.05, 3.63) is 60.0 Å². The number of nitrogens with zero attached hydrogens (tertiary/aromatic N) is 3. The van der Waals surface area contributed by atoms with Gasteiger partial charge in [-0.2, -0.15) is 5.10 Å². The van der Waals surface area contributed by atoms with Gasteiger partial charge in [0.15, 0.2) is 11.4 Å². The number of hydrogen-bond acceptors (Lipinski definition) is 10. The number of benzene rings is 1. The Morgan fingerprint density at radius 2 is 1.67 bits per heavy atom. The van der Waals surface area contributed by atoms with Crippen molar-refractivity contribution in [3.63, 3.8) is 0 Å². The lowest BCUT2D eigenvalue weighted by atomic mass is 9.91. The molecule has 0 spiro atoms. The number of rotatable bonds is 22. The molecule has 1 saturated heterocycles. The number of fused-ring (bicyclic) bond motifs is 2. The summed E-state index contributed by atoms with van der Waals surface area (Å²) in [6.45, 7) is 3.87. The number of phosphoric acid groups is 1. The molecule has 1 aliphatic heterocycles. The lowest BCUT2D eigenvalue weighted by molar-refractivity contribution is -0.126. The van der Waals surface area contributed by atoms with Gasteiger partial charge in [0.1, 0.15) is 35.8 Å². The van der Waals surface area contributed by atoms with E-state index in [9.17, 15) is 19.7 Å². The van der Waals surface area contributed by atoms with Crippen molar-refractivity contribution >= 4 is 19.2 Å². The number of nitrogens with two attached hydrogens (primary N) is 1. The van der Waals surface area contributed by atoms with E-state index in [2.05, 4.69) is 28.8 Å². The molecule has 280 valence electrons. The fraction of sp³-hybridized carbons (Fsp3) is 0.632. The molecule has 5 N–H and O–H groups in total. The Morgan fingerprint density at radius 1 is 1.00 bits per heavy atom. The van der Waals surface area contributed by atoms with E-state index < -0.39 is 43.4 Å². The van der Waals surface area contributed by atoms with Gasteiger partial charge >= 0.3 is 7.82 Å². The summed E-state index contributed by atoms with van der Waals surface area (Å²) in [6.07, 6.45) is 13.3. The summed E-state index contributed by atoms with van der Waals surface area (Å²) in [7, 11) is -4.70. The maximum Gasteiger partial charge on any atom is 0.472 e. The molecule has 51 heavy (non-hydrogen) atoms. The van der Waals surface area contributed by atoms with Crippen LogP contribution in [0.2, 0.25) is 0 Å². The molecule has 1 aliphatic carbocycles. The second-order valence-corrected chi connectivity index (χ2v) is 15.4. The van der Waals surface area contributed by atoms with Gasteiger partial charge in [0.05, 0.1) is 25.0 Å². The Balaban J connectivity index is 1.06. The number of unbranched alkanes of at least 4 members (excludes halogenated alkanes) is 12. The highest BCUT2D eigenvalue weighted by Gasteiger charge is 2.82. The van der Waals surface area contributed by atoms with Crippen molar-refractivity contribution in [3.8, 4) is 11.8 Å². The molecule has 0 radical (unpaired) electrons. The third kappa shape index (κ3) is 9.98. The van der Waals surface area contributed by atoms with E-state index in [0.717, 1.165) is 24.8 Å². The van der Waals surface area contributed by atoms with Gasteiger partial charge in [0, 0.05) is 12.8 Å². The topological polar surface area (TPSA) is 171 Å². The molecule has 3 aromatic rings. The number of nitrogen functional groups attached to an aromatic ring is 1. The molecule has 12 nitrogen and oxygen atoms in total. The first-order chi connectivity index (χ1) is 24.6. The lowest BCUT2D eigenvalue weighted by Crippen LogP contribution is -2.46. The highest BCUT2D eigenvalue weighted by atomic mass is 31.2. The Kier molecular flexibility index (Phi) is 14.1. The van der Waals surface area contributed by atoms with E-state index in [1.165, 1.54) is 75.1 Å². The largest absolute Gasteiger partial charge is 0.472 e. The molecule has 13 heteroatoms. The molecule has 5 rings (SSSR count). The third-order valence-corrected chi connectivity index (χ3v) is 11.0. The normalized spacial score (nSPS) is 25.6. The maximum atomic E-state index is 13.1. The van der Waals surface area contributed by atoms with Crippen LogP contribution in [0.1, 0.15) is 115 Å². The van der Waals surface area contributed by atoms with Crippen LogP contribution in [-0.4, -0.2) is 66.3 Å². The van der Waals surface area contributed by atoms with Crippen molar-refractivity contribution in [2.45, 2.75) is 146 Å². The van der Waals surface area contributed by atoms with Gasteiger partial charge < -0.3 is 30.3 Å². The van der Waals surface area contributed by atoms with E-state index in [0.29, 0.717) is 17.6 Å². The molecular weight excluding hydrogens is 671 g/mol. The van der Waals surface area contributed by atoms with E-state index >= 15 is 0 Å². The smallest absolute Gasteiger partial charge is 0.386 e. The highest BCUT2D eigenvalue weighted by Crippen LogP contribution is 2.63. The van der Waals surface area contributed by atoms with Gasteiger partial charge in [-0.25, -0.2) is 14.1 Å². The summed E-state index contributed by atoms with van der Waals surface area (Å²) >= 11 is 0. The van der Waals surface area contributed by atoms with E-state index in [-0.39, 0.29) is 19.0 Å². The fourth-order valence-corrected chi connectivity index (χ4v) is 7.85. The predicted molar refractivity (Wildman–Crippen MR) is 194 cm³/mol. The quantitative estimate of drug-likeness (QED) is 0.0500. The second kappa shape index (κ2) is 18.3. The number of ether oxygens (including phenoxy) is 2. The number of anilines is 1. The van der Waals surface area contributed by atoms with E-state index in [4.69, 9.17) is 24.3 Å². The fourth-order valence-electron chi connectivity index (χ4n) is 6.87. The molecule has 7 atom stereocenters. The van der Waals surface area contributed by atoms with Crippen LogP contribution >= 0.6 is 7.82 Å². The van der Waals surface area contributed by atoms with Crippen LogP contribution in [0, 0.1) is 11.8 Å². The molecule has 0 bridgehead atoms. The van der Waals surface area contributed by atoms with Crippen molar-refractivity contribution in [2.75, 3.05) is 12.3 Å². The Labute approximate surface area is 301 Å². The molecule has 0 amide bonds.